The summed E-state index contributed by atoms with van der Waals surface area (Å²) in [6, 6.07) is 12.6. The zero-order chi connectivity index (χ0) is 17.8. The second kappa shape index (κ2) is 7.58. The molecule has 1 aromatic carbocycles. The Morgan fingerprint density at radius 1 is 1.04 bits per heavy atom. The molecule has 132 valence electrons. The van der Waals surface area contributed by atoms with Gasteiger partial charge in [0.15, 0.2) is 0 Å². The molecule has 0 bridgehead atoms. The molecule has 1 aliphatic heterocycles. The molecule has 0 amide bonds. The van der Waals surface area contributed by atoms with Crippen LogP contribution in [0.4, 0.5) is 10.3 Å². The molecular weight excluding hydrogens is 331 g/mol. The van der Waals surface area contributed by atoms with Crippen molar-refractivity contribution in [2.75, 3.05) is 24.6 Å². The first-order valence-electron chi connectivity index (χ1n) is 8.61. The van der Waals surface area contributed by atoms with Crippen molar-refractivity contribution in [2.45, 2.75) is 12.5 Å². The molecule has 1 saturated heterocycles. The minimum atomic E-state index is -0.189. The number of aromatic nitrogens is 3. The topological polar surface area (TPSA) is 51.1 Å². The summed E-state index contributed by atoms with van der Waals surface area (Å²) in [4.78, 5) is 15.2. The van der Waals surface area contributed by atoms with Crippen LogP contribution in [0.3, 0.4) is 0 Å². The van der Waals surface area contributed by atoms with Crippen LogP contribution in [0.15, 0.2) is 61.1 Å². The van der Waals surface area contributed by atoms with Gasteiger partial charge in [-0.1, -0.05) is 24.3 Å². The molecule has 4 rings (SSSR count). The number of hydrogen-bond acceptors (Lipinski definition) is 5. The normalized spacial score (nSPS) is 17.3. The molecule has 1 atom stereocenters. The average molecular weight is 350 g/mol. The molecule has 5 nitrogen and oxygen atoms in total. The van der Waals surface area contributed by atoms with E-state index in [1.165, 1.54) is 6.07 Å². The van der Waals surface area contributed by atoms with Gasteiger partial charge in [0.25, 0.3) is 0 Å². The highest BCUT2D eigenvalue weighted by Crippen LogP contribution is 2.23. The lowest BCUT2D eigenvalue weighted by Gasteiger charge is -2.32. The fourth-order valence-electron chi connectivity index (χ4n) is 3.06. The molecule has 0 spiro atoms. The first kappa shape index (κ1) is 16.6. The smallest absolute Gasteiger partial charge is 0.225 e. The van der Waals surface area contributed by atoms with Gasteiger partial charge in [-0.05, 0) is 29.3 Å². The second-order valence-electron chi connectivity index (χ2n) is 6.21. The highest BCUT2D eigenvalue weighted by Gasteiger charge is 2.24. The van der Waals surface area contributed by atoms with Gasteiger partial charge in [0.1, 0.15) is 11.9 Å². The van der Waals surface area contributed by atoms with Crippen LogP contribution in [-0.2, 0) is 11.2 Å². The van der Waals surface area contributed by atoms with E-state index < -0.39 is 0 Å². The van der Waals surface area contributed by atoms with Crippen molar-refractivity contribution < 1.29 is 9.13 Å². The second-order valence-corrected chi connectivity index (χ2v) is 6.21. The van der Waals surface area contributed by atoms with Crippen LogP contribution in [0, 0.1) is 5.82 Å². The molecule has 0 radical (unpaired) electrons. The molecule has 0 unspecified atom stereocenters. The fraction of sp³-hybridized carbons (Fsp3) is 0.250. The van der Waals surface area contributed by atoms with Gasteiger partial charge >= 0.3 is 0 Å². The number of benzene rings is 1. The quantitative estimate of drug-likeness (QED) is 0.723. The number of halogens is 1. The predicted octanol–water partition coefficient (Wildman–Crippen LogP) is 3.18. The molecule has 0 N–H and O–H groups in total. The summed E-state index contributed by atoms with van der Waals surface area (Å²) in [5, 5.41) is 0. The number of rotatable bonds is 4. The van der Waals surface area contributed by atoms with Gasteiger partial charge in [0.2, 0.25) is 5.95 Å². The summed E-state index contributed by atoms with van der Waals surface area (Å²) in [6.45, 7) is 2.01. The van der Waals surface area contributed by atoms with Gasteiger partial charge in [0.05, 0.1) is 18.8 Å². The van der Waals surface area contributed by atoms with Gasteiger partial charge in [0, 0.05) is 31.6 Å². The van der Waals surface area contributed by atoms with Gasteiger partial charge < -0.3 is 9.64 Å². The van der Waals surface area contributed by atoms with Crippen LogP contribution in [-0.4, -0.2) is 34.6 Å². The summed E-state index contributed by atoms with van der Waals surface area (Å²) in [5.41, 5.74) is 2.50. The van der Waals surface area contributed by atoms with Crippen molar-refractivity contribution in [1.82, 2.24) is 15.0 Å². The number of anilines is 1. The Morgan fingerprint density at radius 3 is 2.65 bits per heavy atom. The molecule has 3 aromatic rings. The third kappa shape index (κ3) is 3.70. The Hall–Kier alpha value is -2.86. The Kier molecular flexibility index (Phi) is 4.84. The van der Waals surface area contributed by atoms with Crippen LogP contribution in [0.5, 0.6) is 0 Å². The third-order valence-electron chi connectivity index (χ3n) is 4.43. The molecule has 0 aliphatic carbocycles. The van der Waals surface area contributed by atoms with Crippen LogP contribution in [0.1, 0.15) is 22.9 Å². The lowest BCUT2D eigenvalue weighted by Crippen LogP contribution is -2.39. The maximum absolute atomic E-state index is 13.8. The minimum Gasteiger partial charge on any atom is -0.368 e. The standard InChI is InChI=1S/C20H19FN4O/c21-17-5-2-1-4-16(17)12-15-6-7-18(24-13-15)19-14-25(10-11-26-19)20-22-8-3-9-23-20/h1-9,13,19H,10-12,14H2/t19-/m0/s1. The fourth-order valence-corrected chi connectivity index (χ4v) is 3.06. The summed E-state index contributed by atoms with van der Waals surface area (Å²) in [6.07, 6.45) is 5.67. The Labute approximate surface area is 151 Å². The lowest BCUT2D eigenvalue weighted by atomic mass is 10.1. The predicted molar refractivity (Wildman–Crippen MR) is 96.4 cm³/mol. The van der Waals surface area contributed by atoms with Crippen molar-refractivity contribution >= 4 is 5.95 Å². The van der Waals surface area contributed by atoms with Crippen LogP contribution < -0.4 is 4.90 Å². The summed E-state index contributed by atoms with van der Waals surface area (Å²) >= 11 is 0. The highest BCUT2D eigenvalue weighted by atomic mass is 19.1. The van der Waals surface area contributed by atoms with E-state index >= 15 is 0 Å². The first-order chi connectivity index (χ1) is 12.8. The van der Waals surface area contributed by atoms with E-state index in [9.17, 15) is 4.39 Å². The van der Waals surface area contributed by atoms with Gasteiger partial charge in [-0.25, -0.2) is 14.4 Å². The van der Waals surface area contributed by atoms with Crippen LogP contribution in [0.2, 0.25) is 0 Å². The highest BCUT2D eigenvalue weighted by molar-refractivity contribution is 5.31. The van der Waals surface area contributed by atoms with Crippen molar-refractivity contribution in [3.8, 4) is 0 Å². The van der Waals surface area contributed by atoms with Crippen molar-refractivity contribution in [1.29, 1.82) is 0 Å². The van der Waals surface area contributed by atoms with E-state index in [2.05, 4.69) is 19.9 Å². The van der Waals surface area contributed by atoms with E-state index in [0.29, 0.717) is 31.1 Å². The molecule has 2 aromatic heterocycles. The van der Waals surface area contributed by atoms with Crippen molar-refractivity contribution in [3.63, 3.8) is 0 Å². The van der Waals surface area contributed by atoms with E-state index in [4.69, 9.17) is 4.74 Å². The molecule has 0 saturated carbocycles. The van der Waals surface area contributed by atoms with Crippen molar-refractivity contribution in [2.24, 2.45) is 0 Å². The number of morpholine rings is 1. The number of hydrogen-bond donors (Lipinski definition) is 0. The summed E-state index contributed by atoms with van der Waals surface area (Å²) in [7, 11) is 0. The largest absolute Gasteiger partial charge is 0.368 e. The SMILES string of the molecule is Fc1ccccc1Cc1ccc([C@@H]2CN(c3ncccn3)CCO2)nc1. The maximum atomic E-state index is 13.8. The molecule has 26 heavy (non-hydrogen) atoms. The summed E-state index contributed by atoms with van der Waals surface area (Å²) < 4.78 is 19.7. The molecule has 1 aliphatic rings. The van der Waals surface area contributed by atoms with E-state index in [-0.39, 0.29) is 11.9 Å². The van der Waals surface area contributed by atoms with Crippen LogP contribution >= 0.6 is 0 Å². The zero-order valence-electron chi connectivity index (χ0n) is 14.3. The summed E-state index contributed by atoms with van der Waals surface area (Å²) in [5.74, 6) is 0.516. The Balaban J connectivity index is 1.45. The molecule has 3 heterocycles. The first-order valence-corrected chi connectivity index (χ1v) is 8.61. The Morgan fingerprint density at radius 2 is 1.88 bits per heavy atom. The Bertz CT molecular complexity index is 857. The minimum absolute atomic E-state index is 0.130. The van der Waals surface area contributed by atoms with Crippen LogP contribution in [0.25, 0.3) is 0 Å². The zero-order valence-corrected chi connectivity index (χ0v) is 14.3. The number of nitrogens with zero attached hydrogens (tertiary/aromatic N) is 4. The average Bonchev–Trinajstić information content (AvgIpc) is 2.71. The van der Waals surface area contributed by atoms with Gasteiger partial charge in [-0.3, -0.25) is 4.98 Å². The molecule has 6 heteroatoms. The number of ether oxygens (including phenoxy) is 1. The van der Waals surface area contributed by atoms with E-state index in [1.807, 2.05) is 18.2 Å². The van der Waals surface area contributed by atoms with Gasteiger partial charge in [-0.2, -0.15) is 0 Å². The maximum Gasteiger partial charge on any atom is 0.225 e. The van der Waals surface area contributed by atoms with Gasteiger partial charge in [-0.15, -0.1) is 0 Å². The van der Waals surface area contributed by atoms with E-state index in [1.54, 1.807) is 36.8 Å². The monoisotopic (exact) mass is 350 g/mol. The number of pyridine rings is 1. The molecular formula is C20H19FN4O. The molecule has 1 fully saturated rings. The lowest BCUT2D eigenvalue weighted by molar-refractivity contribution is 0.0364. The third-order valence-corrected chi connectivity index (χ3v) is 4.43. The van der Waals surface area contributed by atoms with E-state index in [0.717, 1.165) is 17.8 Å². The van der Waals surface area contributed by atoms with Crippen molar-refractivity contribution in [3.05, 3.63) is 83.7 Å².